The molecular weight excluding hydrogens is 248 g/mol. The lowest BCUT2D eigenvalue weighted by atomic mass is 9.88. The van der Waals surface area contributed by atoms with E-state index < -0.39 is 0 Å². The zero-order valence-corrected chi connectivity index (χ0v) is 12.7. The molecule has 0 aliphatic carbocycles. The lowest BCUT2D eigenvalue weighted by molar-refractivity contribution is 0.378. The molecule has 1 aromatic rings. The van der Waals surface area contributed by atoms with Crippen molar-refractivity contribution >= 4 is 0 Å². The van der Waals surface area contributed by atoms with E-state index in [4.69, 9.17) is 0 Å². The third-order valence-electron chi connectivity index (χ3n) is 3.37. The topological polar surface area (TPSA) is 48.1 Å². The summed E-state index contributed by atoms with van der Waals surface area (Å²) in [5.41, 5.74) is 13.0. The highest BCUT2D eigenvalue weighted by molar-refractivity contribution is 5.22. The van der Waals surface area contributed by atoms with Gasteiger partial charge < -0.3 is 16.2 Å². The quantitative estimate of drug-likeness (QED) is 0.642. The Morgan fingerprint density at radius 1 is 1.00 bits per heavy atom. The van der Waals surface area contributed by atoms with E-state index in [1.165, 1.54) is 17.5 Å². The van der Waals surface area contributed by atoms with E-state index >= 15 is 0 Å². The Morgan fingerprint density at radius 2 is 1.70 bits per heavy atom. The third-order valence-corrected chi connectivity index (χ3v) is 3.37. The van der Waals surface area contributed by atoms with Crippen LogP contribution in [0.2, 0.25) is 0 Å². The highest BCUT2D eigenvalue weighted by Crippen LogP contribution is 2.21. The van der Waals surface area contributed by atoms with Crippen LogP contribution < -0.4 is 21.7 Å². The van der Waals surface area contributed by atoms with Crippen molar-refractivity contribution in [3.8, 4) is 0 Å². The van der Waals surface area contributed by atoms with Crippen molar-refractivity contribution in [1.29, 1.82) is 0 Å². The predicted molar refractivity (Wildman–Crippen MR) is 83.4 cm³/mol. The molecule has 1 aliphatic rings. The van der Waals surface area contributed by atoms with E-state index in [0.717, 1.165) is 25.2 Å². The Hall–Kier alpha value is -1.52. The fraction of sp³-hybridized carbons (Fsp3) is 0.500. The molecule has 0 unspecified atom stereocenters. The smallest absolute Gasteiger partial charge is 0.0588 e. The van der Waals surface area contributed by atoms with Gasteiger partial charge in [-0.2, -0.15) is 5.53 Å². The SMILES string of the molecule is CC(C)(C)CCc1ccc(CNCC2=CNNN2)cc1. The molecule has 1 aliphatic heterocycles. The van der Waals surface area contributed by atoms with Crippen LogP contribution in [0.25, 0.3) is 0 Å². The molecule has 0 bridgehead atoms. The molecule has 0 amide bonds. The predicted octanol–water partition coefficient (Wildman–Crippen LogP) is 2.21. The molecule has 2 rings (SSSR count). The Kier molecular flexibility index (Phi) is 5.04. The highest BCUT2D eigenvalue weighted by Gasteiger charge is 2.09. The van der Waals surface area contributed by atoms with Gasteiger partial charge in [0.25, 0.3) is 0 Å². The first kappa shape index (κ1) is 14.9. The number of hydrogen-bond donors (Lipinski definition) is 4. The van der Waals surface area contributed by atoms with Crippen LogP contribution in [0.5, 0.6) is 0 Å². The summed E-state index contributed by atoms with van der Waals surface area (Å²) < 4.78 is 0. The first-order valence-corrected chi connectivity index (χ1v) is 7.27. The lowest BCUT2D eigenvalue weighted by Crippen LogP contribution is -2.33. The molecule has 110 valence electrons. The third kappa shape index (κ3) is 5.23. The van der Waals surface area contributed by atoms with Gasteiger partial charge in [0.2, 0.25) is 0 Å². The summed E-state index contributed by atoms with van der Waals surface area (Å²) in [6.45, 7) is 8.59. The van der Waals surface area contributed by atoms with Crippen LogP contribution in [-0.4, -0.2) is 6.54 Å². The molecule has 1 heterocycles. The van der Waals surface area contributed by atoms with Gasteiger partial charge in [0, 0.05) is 19.3 Å². The van der Waals surface area contributed by atoms with Gasteiger partial charge in [-0.1, -0.05) is 45.0 Å². The van der Waals surface area contributed by atoms with Crippen molar-refractivity contribution in [1.82, 2.24) is 21.7 Å². The van der Waals surface area contributed by atoms with Crippen LogP contribution in [0.1, 0.15) is 38.3 Å². The van der Waals surface area contributed by atoms with Gasteiger partial charge in [0.15, 0.2) is 0 Å². The van der Waals surface area contributed by atoms with Crippen LogP contribution in [0.4, 0.5) is 0 Å². The van der Waals surface area contributed by atoms with Crippen molar-refractivity contribution in [2.75, 3.05) is 6.54 Å². The summed E-state index contributed by atoms with van der Waals surface area (Å²) in [4.78, 5) is 0. The van der Waals surface area contributed by atoms with E-state index in [0.29, 0.717) is 5.41 Å². The van der Waals surface area contributed by atoms with E-state index in [-0.39, 0.29) is 0 Å². The number of rotatable bonds is 6. The van der Waals surface area contributed by atoms with Crippen LogP contribution in [0.15, 0.2) is 36.2 Å². The molecule has 1 aromatic carbocycles. The molecule has 20 heavy (non-hydrogen) atoms. The van der Waals surface area contributed by atoms with Gasteiger partial charge in [0.05, 0.1) is 5.70 Å². The number of nitrogens with one attached hydrogen (secondary N) is 4. The number of hydrogen-bond acceptors (Lipinski definition) is 4. The summed E-state index contributed by atoms with van der Waals surface area (Å²) >= 11 is 0. The van der Waals surface area contributed by atoms with Crippen molar-refractivity contribution in [2.24, 2.45) is 5.41 Å². The molecule has 0 spiro atoms. The highest BCUT2D eigenvalue weighted by atomic mass is 15.6. The van der Waals surface area contributed by atoms with Gasteiger partial charge in [-0.15, -0.1) is 0 Å². The zero-order valence-electron chi connectivity index (χ0n) is 12.7. The second-order valence-corrected chi connectivity index (χ2v) is 6.54. The molecule has 0 radical (unpaired) electrons. The lowest BCUT2D eigenvalue weighted by Gasteiger charge is -2.17. The van der Waals surface area contributed by atoms with Gasteiger partial charge in [0.1, 0.15) is 0 Å². The minimum absolute atomic E-state index is 0.407. The first-order chi connectivity index (χ1) is 9.53. The largest absolute Gasteiger partial charge is 0.309 e. The maximum atomic E-state index is 3.41. The fourth-order valence-electron chi connectivity index (χ4n) is 2.06. The molecule has 0 aromatic heterocycles. The van der Waals surface area contributed by atoms with Gasteiger partial charge in [-0.3, -0.25) is 0 Å². The zero-order chi connectivity index (χ0) is 14.4. The summed E-state index contributed by atoms with van der Waals surface area (Å²) in [6.07, 6.45) is 4.30. The number of benzene rings is 1. The standard InChI is InChI=1S/C16H26N4/c1-16(2,3)9-8-13-4-6-14(7-5-13)10-17-11-15-12-18-20-19-15/h4-7,12,17-20H,8-11H2,1-3H3. The average molecular weight is 274 g/mol. The second kappa shape index (κ2) is 6.77. The van der Waals surface area contributed by atoms with Gasteiger partial charge in [-0.05, 0) is 29.4 Å². The fourth-order valence-corrected chi connectivity index (χ4v) is 2.06. The van der Waals surface area contributed by atoms with Crippen LogP contribution in [0.3, 0.4) is 0 Å². The molecule has 4 heteroatoms. The Morgan fingerprint density at radius 3 is 2.30 bits per heavy atom. The molecule has 0 atom stereocenters. The van der Waals surface area contributed by atoms with Crippen LogP contribution >= 0.6 is 0 Å². The summed E-state index contributed by atoms with van der Waals surface area (Å²) in [7, 11) is 0. The molecule has 0 saturated carbocycles. The van der Waals surface area contributed by atoms with Crippen molar-refractivity contribution in [2.45, 2.75) is 40.2 Å². The molecule has 4 nitrogen and oxygen atoms in total. The summed E-state index contributed by atoms with van der Waals surface area (Å²) in [6, 6.07) is 8.94. The number of hydrazine groups is 2. The van der Waals surface area contributed by atoms with E-state index in [1.807, 2.05) is 6.20 Å². The molecular formula is C16H26N4. The monoisotopic (exact) mass is 274 g/mol. The minimum atomic E-state index is 0.407. The molecule has 0 fully saturated rings. The normalized spacial score (nSPS) is 14.7. The van der Waals surface area contributed by atoms with Crippen molar-refractivity contribution in [3.63, 3.8) is 0 Å². The molecule has 4 N–H and O–H groups in total. The van der Waals surface area contributed by atoms with Crippen LogP contribution in [-0.2, 0) is 13.0 Å². The Bertz CT molecular complexity index is 443. The minimum Gasteiger partial charge on any atom is -0.309 e. The molecule has 0 saturated heterocycles. The number of aryl methyl sites for hydroxylation is 1. The summed E-state index contributed by atoms with van der Waals surface area (Å²) in [5, 5.41) is 3.41. The Balaban J connectivity index is 1.73. The average Bonchev–Trinajstić information content (AvgIpc) is 2.90. The van der Waals surface area contributed by atoms with Gasteiger partial charge in [-0.25, -0.2) is 0 Å². The van der Waals surface area contributed by atoms with Crippen molar-refractivity contribution < 1.29 is 0 Å². The first-order valence-electron chi connectivity index (χ1n) is 7.27. The summed E-state index contributed by atoms with van der Waals surface area (Å²) in [5.74, 6) is 0. The van der Waals surface area contributed by atoms with Gasteiger partial charge >= 0.3 is 0 Å². The van der Waals surface area contributed by atoms with E-state index in [9.17, 15) is 0 Å². The Labute approximate surface area is 122 Å². The van der Waals surface area contributed by atoms with E-state index in [1.54, 1.807) is 0 Å². The second-order valence-electron chi connectivity index (χ2n) is 6.54. The van der Waals surface area contributed by atoms with E-state index in [2.05, 4.69) is 66.7 Å². The maximum absolute atomic E-state index is 3.41. The maximum Gasteiger partial charge on any atom is 0.0588 e. The van der Waals surface area contributed by atoms with Crippen molar-refractivity contribution in [3.05, 3.63) is 47.3 Å². The van der Waals surface area contributed by atoms with Crippen LogP contribution in [0, 0.1) is 5.41 Å².